The summed E-state index contributed by atoms with van der Waals surface area (Å²) in [5.41, 5.74) is 7.62. The van der Waals surface area contributed by atoms with Crippen LogP contribution in [0, 0.1) is 5.82 Å². The molecule has 0 aliphatic heterocycles. The fraction of sp³-hybridized carbons (Fsp3) is 0.385. The minimum absolute atomic E-state index is 0.288. The Bertz CT molecular complexity index is 521. The summed E-state index contributed by atoms with van der Waals surface area (Å²) < 4.78 is 14.9. The summed E-state index contributed by atoms with van der Waals surface area (Å²) in [6.45, 7) is 4.13. The van der Waals surface area contributed by atoms with E-state index in [1.165, 1.54) is 12.3 Å². The van der Waals surface area contributed by atoms with Crippen molar-refractivity contribution in [3.05, 3.63) is 47.8 Å². The van der Waals surface area contributed by atoms with Gasteiger partial charge in [-0.1, -0.05) is 0 Å². The predicted octanol–water partition coefficient (Wildman–Crippen LogP) is 2.24. The first-order chi connectivity index (χ1) is 8.56. The van der Waals surface area contributed by atoms with E-state index in [0.29, 0.717) is 18.0 Å². The van der Waals surface area contributed by atoms with Crippen LogP contribution in [0.3, 0.4) is 0 Å². The Kier molecular flexibility index (Phi) is 3.72. The molecular formula is C13H17FN4. The van der Waals surface area contributed by atoms with Gasteiger partial charge in [0.05, 0.1) is 11.9 Å². The van der Waals surface area contributed by atoms with Crippen LogP contribution < -0.4 is 5.73 Å². The van der Waals surface area contributed by atoms with Gasteiger partial charge in [0.2, 0.25) is 0 Å². The molecule has 2 heterocycles. The normalized spacial score (nSPS) is 12.9. The second kappa shape index (κ2) is 5.27. The molecule has 4 nitrogen and oxygen atoms in total. The Morgan fingerprint density at radius 3 is 2.78 bits per heavy atom. The molecule has 0 bridgehead atoms. The average molecular weight is 248 g/mol. The Morgan fingerprint density at radius 2 is 2.17 bits per heavy atom. The van der Waals surface area contributed by atoms with Crippen molar-refractivity contribution in [2.45, 2.75) is 32.4 Å². The standard InChI is InChI=1S/C13H17FN4/c1-9(2)18-4-3-12(17-18)6-13(15)10-5-11(14)8-16-7-10/h3-5,7-9,13H,6,15H2,1-2H3. The molecular weight excluding hydrogens is 231 g/mol. The molecule has 1 unspecified atom stereocenters. The van der Waals surface area contributed by atoms with Crippen LogP contribution in [0.1, 0.15) is 37.2 Å². The van der Waals surface area contributed by atoms with Gasteiger partial charge in [0.1, 0.15) is 5.82 Å². The maximum absolute atomic E-state index is 13.0. The van der Waals surface area contributed by atoms with Gasteiger partial charge in [0, 0.05) is 30.9 Å². The van der Waals surface area contributed by atoms with Crippen molar-refractivity contribution in [2.24, 2.45) is 5.73 Å². The smallest absolute Gasteiger partial charge is 0.141 e. The van der Waals surface area contributed by atoms with E-state index in [1.807, 2.05) is 16.9 Å². The predicted molar refractivity (Wildman–Crippen MR) is 67.4 cm³/mol. The summed E-state index contributed by atoms with van der Waals surface area (Å²) in [5.74, 6) is -0.365. The lowest BCUT2D eigenvalue weighted by atomic mass is 10.1. The summed E-state index contributed by atoms with van der Waals surface area (Å²) >= 11 is 0. The lowest BCUT2D eigenvalue weighted by Gasteiger charge is -2.10. The van der Waals surface area contributed by atoms with Crippen molar-refractivity contribution in [3.8, 4) is 0 Å². The van der Waals surface area contributed by atoms with Gasteiger partial charge in [-0.15, -0.1) is 0 Å². The first-order valence-electron chi connectivity index (χ1n) is 5.96. The van der Waals surface area contributed by atoms with Crippen molar-refractivity contribution >= 4 is 0 Å². The monoisotopic (exact) mass is 248 g/mol. The fourth-order valence-electron chi connectivity index (χ4n) is 1.75. The SMILES string of the molecule is CC(C)n1ccc(CC(N)c2cncc(F)c2)n1. The molecule has 0 fully saturated rings. The first kappa shape index (κ1) is 12.7. The van der Waals surface area contributed by atoms with E-state index >= 15 is 0 Å². The first-order valence-corrected chi connectivity index (χ1v) is 5.96. The van der Waals surface area contributed by atoms with Gasteiger partial charge >= 0.3 is 0 Å². The maximum Gasteiger partial charge on any atom is 0.141 e. The van der Waals surface area contributed by atoms with Crippen LogP contribution in [0.4, 0.5) is 4.39 Å². The van der Waals surface area contributed by atoms with Crippen molar-refractivity contribution in [1.29, 1.82) is 0 Å². The lowest BCUT2D eigenvalue weighted by molar-refractivity contribution is 0.522. The van der Waals surface area contributed by atoms with Gasteiger partial charge < -0.3 is 5.73 Å². The summed E-state index contributed by atoms with van der Waals surface area (Å²) in [6.07, 6.45) is 5.26. The summed E-state index contributed by atoms with van der Waals surface area (Å²) in [6, 6.07) is 3.39. The molecule has 0 aromatic carbocycles. The molecule has 96 valence electrons. The summed E-state index contributed by atoms with van der Waals surface area (Å²) in [4.78, 5) is 3.80. The van der Waals surface area contributed by atoms with Crippen LogP contribution in [0.25, 0.3) is 0 Å². The zero-order valence-electron chi connectivity index (χ0n) is 10.5. The number of rotatable bonds is 4. The van der Waals surface area contributed by atoms with Crippen LogP contribution >= 0.6 is 0 Å². The molecule has 2 N–H and O–H groups in total. The third kappa shape index (κ3) is 2.92. The number of hydrogen-bond donors (Lipinski definition) is 1. The van der Waals surface area contributed by atoms with Gasteiger partial charge in [-0.2, -0.15) is 5.10 Å². The number of halogens is 1. The molecule has 2 aromatic heterocycles. The summed E-state index contributed by atoms with van der Waals surface area (Å²) in [7, 11) is 0. The van der Waals surface area contributed by atoms with Gasteiger partial charge in [-0.3, -0.25) is 9.67 Å². The molecule has 5 heteroatoms. The third-order valence-electron chi connectivity index (χ3n) is 2.78. The van der Waals surface area contributed by atoms with Crippen LogP contribution in [-0.4, -0.2) is 14.8 Å². The Balaban J connectivity index is 2.08. The highest BCUT2D eigenvalue weighted by molar-refractivity contribution is 5.17. The molecule has 18 heavy (non-hydrogen) atoms. The topological polar surface area (TPSA) is 56.7 Å². The zero-order chi connectivity index (χ0) is 13.1. The summed E-state index contributed by atoms with van der Waals surface area (Å²) in [5, 5.41) is 4.42. The second-order valence-electron chi connectivity index (χ2n) is 4.63. The Morgan fingerprint density at radius 1 is 1.39 bits per heavy atom. The molecule has 2 aromatic rings. The second-order valence-corrected chi connectivity index (χ2v) is 4.63. The zero-order valence-corrected chi connectivity index (χ0v) is 10.5. The molecule has 0 saturated carbocycles. The fourth-order valence-corrected chi connectivity index (χ4v) is 1.75. The largest absolute Gasteiger partial charge is 0.324 e. The van der Waals surface area contributed by atoms with E-state index in [4.69, 9.17) is 5.73 Å². The molecule has 2 rings (SSSR count). The van der Waals surface area contributed by atoms with E-state index in [0.717, 1.165) is 5.69 Å². The average Bonchev–Trinajstić information content (AvgIpc) is 2.77. The molecule has 0 saturated heterocycles. The van der Waals surface area contributed by atoms with E-state index in [2.05, 4.69) is 23.9 Å². The van der Waals surface area contributed by atoms with E-state index < -0.39 is 0 Å². The number of pyridine rings is 1. The van der Waals surface area contributed by atoms with Gasteiger partial charge in [-0.25, -0.2) is 4.39 Å². The number of hydrogen-bond acceptors (Lipinski definition) is 3. The Labute approximate surface area is 106 Å². The van der Waals surface area contributed by atoms with Gasteiger partial charge in [-0.05, 0) is 31.5 Å². The van der Waals surface area contributed by atoms with Crippen LogP contribution in [0.15, 0.2) is 30.7 Å². The number of aromatic nitrogens is 3. The van der Waals surface area contributed by atoms with Crippen LogP contribution in [-0.2, 0) is 6.42 Å². The highest BCUT2D eigenvalue weighted by Crippen LogP contribution is 2.15. The minimum atomic E-state index is -0.365. The van der Waals surface area contributed by atoms with Crippen molar-refractivity contribution < 1.29 is 4.39 Å². The Hall–Kier alpha value is -1.75. The molecule has 0 aliphatic rings. The minimum Gasteiger partial charge on any atom is -0.324 e. The molecule has 1 atom stereocenters. The number of nitrogens with two attached hydrogens (primary N) is 1. The number of nitrogens with zero attached hydrogens (tertiary/aromatic N) is 3. The molecule has 0 spiro atoms. The highest BCUT2D eigenvalue weighted by atomic mass is 19.1. The van der Waals surface area contributed by atoms with Crippen molar-refractivity contribution in [1.82, 2.24) is 14.8 Å². The van der Waals surface area contributed by atoms with Crippen LogP contribution in [0.5, 0.6) is 0 Å². The quantitative estimate of drug-likeness (QED) is 0.902. The molecule has 0 amide bonds. The van der Waals surface area contributed by atoms with E-state index in [1.54, 1.807) is 6.20 Å². The third-order valence-corrected chi connectivity index (χ3v) is 2.78. The van der Waals surface area contributed by atoms with Gasteiger partial charge in [0.15, 0.2) is 0 Å². The highest BCUT2D eigenvalue weighted by Gasteiger charge is 2.11. The molecule has 0 aliphatic carbocycles. The maximum atomic E-state index is 13.0. The van der Waals surface area contributed by atoms with E-state index in [-0.39, 0.29) is 11.9 Å². The van der Waals surface area contributed by atoms with Crippen molar-refractivity contribution in [3.63, 3.8) is 0 Å². The van der Waals surface area contributed by atoms with Crippen molar-refractivity contribution in [2.75, 3.05) is 0 Å². The van der Waals surface area contributed by atoms with E-state index in [9.17, 15) is 4.39 Å². The molecule has 0 radical (unpaired) electrons. The lowest BCUT2D eigenvalue weighted by Crippen LogP contribution is -2.14. The van der Waals surface area contributed by atoms with Gasteiger partial charge in [0.25, 0.3) is 0 Å². The van der Waals surface area contributed by atoms with Crippen LogP contribution in [0.2, 0.25) is 0 Å².